The van der Waals surface area contributed by atoms with E-state index in [1.54, 1.807) is 13.3 Å². The molecule has 3 N–H and O–H groups in total. The molecule has 3 rings (SSSR count). The third-order valence-electron chi connectivity index (χ3n) is 4.61. The average molecular weight is 401 g/mol. The van der Waals surface area contributed by atoms with Crippen LogP contribution in [0.1, 0.15) is 12.8 Å². The van der Waals surface area contributed by atoms with Crippen LogP contribution in [0.15, 0.2) is 47.5 Å². The van der Waals surface area contributed by atoms with Gasteiger partial charge in [0.25, 0.3) is 0 Å². The van der Waals surface area contributed by atoms with Crippen molar-refractivity contribution < 1.29 is 14.3 Å². The van der Waals surface area contributed by atoms with Crippen molar-refractivity contribution in [3.63, 3.8) is 0 Å². The van der Waals surface area contributed by atoms with Gasteiger partial charge >= 0.3 is 0 Å². The van der Waals surface area contributed by atoms with E-state index in [0.29, 0.717) is 18.0 Å². The summed E-state index contributed by atoms with van der Waals surface area (Å²) >= 11 is 1.46. The maximum atomic E-state index is 12.2. The summed E-state index contributed by atoms with van der Waals surface area (Å²) in [5.41, 5.74) is 6.08. The fourth-order valence-corrected chi connectivity index (χ4v) is 3.78. The predicted molar refractivity (Wildman–Crippen MR) is 111 cm³/mol. The van der Waals surface area contributed by atoms with Crippen LogP contribution in [0, 0.1) is 5.92 Å². The van der Waals surface area contributed by atoms with Crippen molar-refractivity contribution in [1.29, 1.82) is 0 Å². The van der Waals surface area contributed by atoms with Gasteiger partial charge in [0, 0.05) is 18.0 Å². The SMILES string of the molecule is COc1ccc(SCC(=O)Nc2ccc(N3CCCC(C(N)=O)C3)nc2)cc1. The Morgan fingerprint density at radius 1 is 1.29 bits per heavy atom. The molecule has 0 bridgehead atoms. The fourth-order valence-electron chi connectivity index (χ4n) is 3.08. The molecule has 1 fully saturated rings. The van der Waals surface area contributed by atoms with Gasteiger partial charge in [0.15, 0.2) is 0 Å². The molecule has 1 saturated heterocycles. The number of nitrogens with two attached hydrogens (primary N) is 1. The Kier molecular flexibility index (Phi) is 6.76. The molecule has 2 heterocycles. The lowest BCUT2D eigenvalue weighted by Gasteiger charge is -2.32. The quantitative estimate of drug-likeness (QED) is 0.693. The number of aromatic nitrogens is 1. The molecule has 1 aliphatic rings. The van der Waals surface area contributed by atoms with Crippen molar-refractivity contribution in [2.75, 3.05) is 36.2 Å². The Balaban J connectivity index is 1.50. The monoisotopic (exact) mass is 400 g/mol. The number of piperidine rings is 1. The molecule has 28 heavy (non-hydrogen) atoms. The van der Waals surface area contributed by atoms with Crippen LogP contribution in [0.25, 0.3) is 0 Å². The number of carbonyl (C=O) groups is 2. The van der Waals surface area contributed by atoms with Gasteiger partial charge in [-0.05, 0) is 49.2 Å². The molecule has 0 radical (unpaired) electrons. The normalized spacial score (nSPS) is 16.5. The van der Waals surface area contributed by atoms with Gasteiger partial charge in [-0.1, -0.05) is 0 Å². The Morgan fingerprint density at radius 3 is 2.71 bits per heavy atom. The van der Waals surface area contributed by atoms with E-state index >= 15 is 0 Å². The number of carbonyl (C=O) groups excluding carboxylic acids is 2. The van der Waals surface area contributed by atoms with E-state index in [-0.39, 0.29) is 17.7 Å². The topological polar surface area (TPSA) is 97.5 Å². The van der Waals surface area contributed by atoms with Crippen molar-refractivity contribution in [2.24, 2.45) is 11.7 Å². The van der Waals surface area contributed by atoms with E-state index in [0.717, 1.165) is 35.8 Å². The molecule has 148 valence electrons. The number of rotatable bonds is 7. The Hall–Kier alpha value is -2.74. The van der Waals surface area contributed by atoms with Crippen LogP contribution in [0.2, 0.25) is 0 Å². The van der Waals surface area contributed by atoms with E-state index in [9.17, 15) is 9.59 Å². The van der Waals surface area contributed by atoms with Crippen molar-refractivity contribution in [3.05, 3.63) is 42.6 Å². The van der Waals surface area contributed by atoms with E-state index in [2.05, 4.69) is 15.2 Å². The number of hydrogen-bond acceptors (Lipinski definition) is 6. The minimum atomic E-state index is -0.261. The van der Waals surface area contributed by atoms with Crippen LogP contribution in [0.5, 0.6) is 5.75 Å². The van der Waals surface area contributed by atoms with Gasteiger partial charge in [-0.3, -0.25) is 9.59 Å². The number of amides is 2. The van der Waals surface area contributed by atoms with E-state index in [1.165, 1.54) is 11.8 Å². The third kappa shape index (κ3) is 5.39. The molecule has 7 nitrogen and oxygen atoms in total. The van der Waals surface area contributed by atoms with E-state index in [4.69, 9.17) is 10.5 Å². The van der Waals surface area contributed by atoms with Gasteiger partial charge < -0.3 is 20.7 Å². The number of nitrogens with one attached hydrogen (secondary N) is 1. The fraction of sp³-hybridized carbons (Fsp3) is 0.350. The molecule has 8 heteroatoms. The molecule has 0 spiro atoms. The zero-order valence-corrected chi connectivity index (χ0v) is 16.6. The number of nitrogens with zero attached hydrogens (tertiary/aromatic N) is 2. The first kappa shape index (κ1) is 20.0. The third-order valence-corrected chi connectivity index (χ3v) is 5.62. The smallest absolute Gasteiger partial charge is 0.234 e. The summed E-state index contributed by atoms with van der Waals surface area (Å²) in [5, 5.41) is 2.85. The number of hydrogen-bond donors (Lipinski definition) is 2. The van der Waals surface area contributed by atoms with Gasteiger partial charge in [0.1, 0.15) is 11.6 Å². The summed E-state index contributed by atoms with van der Waals surface area (Å²) in [6, 6.07) is 11.3. The first-order valence-corrected chi connectivity index (χ1v) is 10.1. The van der Waals surface area contributed by atoms with Gasteiger partial charge in [-0.15, -0.1) is 11.8 Å². The minimum absolute atomic E-state index is 0.0952. The van der Waals surface area contributed by atoms with E-state index < -0.39 is 0 Å². The largest absolute Gasteiger partial charge is 0.497 e. The summed E-state index contributed by atoms with van der Waals surface area (Å²) < 4.78 is 5.12. The van der Waals surface area contributed by atoms with Gasteiger partial charge in [0.2, 0.25) is 11.8 Å². The number of primary amides is 1. The molecule has 1 unspecified atom stereocenters. The highest BCUT2D eigenvalue weighted by molar-refractivity contribution is 8.00. The highest BCUT2D eigenvalue weighted by Gasteiger charge is 2.24. The number of pyridine rings is 1. The first-order valence-electron chi connectivity index (χ1n) is 9.12. The maximum Gasteiger partial charge on any atom is 0.234 e. The van der Waals surface area contributed by atoms with Crippen molar-refractivity contribution in [2.45, 2.75) is 17.7 Å². The standard InChI is InChI=1S/C20H24N4O3S/c1-27-16-5-7-17(8-6-16)28-13-19(25)23-15-4-9-18(22-11-15)24-10-2-3-14(12-24)20(21)26/h4-9,11,14H,2-3,10,12-13H2,1H3,(H2,21,26)(H,23,25). The Morgan fingerprint density at radius 2 is 2.07 bits per heavy atom. The summed E-state index contributed by atoms with van der Waals surface area (Å²) in [6.45, 7) is 1.44. The zero-order valence-electron chi connectivity index (χ0n) is 15.8. The number of thioether (sulfide) groups is 1. The molecule has 1 atom stereocenters. The van der Waals surface area contributed by atoms with Crippen LogP contribution in [0.4, 0.5) is 11.5 Å². The minimum Gasteiger partial charge on any atom is -0.497 e. The van der Waals surface area contributed by atoms with Crippen molar-refractivity contribution >= 4 is 35.1 Å². The van der Waals surface area contributed by atoms with Crippen LogP contribution in [-0.2, 0) is 9.59 Å². The summed E-state index contributed by atoms with van der Waals surface area (Å²) in [4.78, 5) is 31.1. The molecule has 1 aliphatic heterocycles. The summed E-state index contributed by atoms with van der Waals surface area (Å²) in [6.07, 6.45) is 3.38. The number of anilines is 2. The molecular weight excluding hydrogens is 376 g/mol. The van der Waals surface area contributed by atoms with Crippen LogP contribution in [0.3, 0.4) is 0 Å². The first-order chi connectivity index (χ1) is 13.5. The van der Waals surface area contributed by atoms with Crippen LogP contribution in [-0.4, -0.2) is 42.8 Å². The van der Waals surface area contributed by atoms with Gasteiger partial charge in [0.05, 0.1) is 30.7 Å². The molecule has 0 saturated carbocycles. The summed E-state index contributed by atoms with van der Waals surface area (Å²) in [7, 11) is 1.62. The number of benzene rings is 1. The molecule has 2 amide bonds. The molecule has 1 aromatic heterocycles. The van der Waals surface area contributed by atoms with Crippen LogP contribution < -0.4 is 20.7 Å². The van der Waals surface area contributed by atoms with Crippen molar-refractivity contribution in [3.8, 4) is 5.75 Å². The molecular formula is C20H24N4O3S. The average Bonchev–Trinajstić information content (AvgIpc) is 2.73. The maximum absolute atomic E-state index is 12.2. The summed E-state index contributed by atoms with van der Waals surface area (Å²) in [5.74, 6) is 1.39. The number of ether oxygens (including phenoxy) is 1. The second kappa shape index (κ2) is 9.45. The zero-order chi connectivity index (χ0) is 19.9. The number of methoxy groups -OCH3 is 1. The lowest BCUT2D eigenvalue weighted by molar-refractivity contribution is -0.122. The molecule has 1 aromatic carbocycles. The molecule has 2 aromatic rings. The van der Waals surface area contributed by atoms with Gasteiger partial charge in [-0.25, -0.2) is 4.98 Å². The Labute approximate surface area is 168 Å². The Bertz CT molecular complexity index is 811. The van der Waals surface area contributed by atoms with Crippen LogP contribution >= 0.6 is 11.8 Å². The highest BCUT2D eigenvalue weighted by atomic mass is 32.2. The predicted octanol–water partition coefficient (Wildman–Crippen LogP) is 2.52. The van der Waals surface area contributed by atoms with E-state index in [1.807, 2.05) is 36.4 Å². The lowest BCUT2D eigenvalue weighted by atomic mass is 9.97. The second-order valence-corrected chi connectivity index (χ2v) is 7.65. The molecule has 0 aliphatic carbocycles. The highest BCUT2D eigenvalue weighted by Crippen LogP contribution is 2.23. The van der Waals surface area contributed by atoms with Gasteiger partial charge in [-0.2, -0.15) is 0 Å². The lowest BCUT2D eigenvalue weighted by Crippen LogP contribution is -2.41. The second-order valence-electron chi connectivity index (χ2n) is 6.60. The van der Waals surface area contributed by atoms with Crippen molar-refractivity contribution in [1.82, 2.24) is 4.98 Å².